The molecule has 0 aliphatic carbocycles. The van der Waals surface area contributed by atoms with Gasteiger partial charge in [0, 0.05) is 20.1 Å². The van der Waals surface area contributed by atoms with Crippen LogP contribution in [0.3, 0.4) is 0 Å². The van der Waals surface area contributed by atoms with E-state index in [2.05, 4.69) is 43.8 Å². The topological polar surface area (TPSA) is 47.1 Å². The largest absolute Gasteiger partial charge is 0.330 e. The molecule has 19 heavy (non-hydrogen) atoms. The number of hydrogen-bond acceptors (Lipinski definition) is 3. The van der Waals surface area contributed by atoms with E-state index >= 15 is 0 Å². The van der Waals surface area contributed by atoms with Crippen LogP contribution in [0.5, 0.6) is 0 Å². The maximum Gasteiger partial charge on any atom is 0.0625 e. The minimum absolute atomic E-state index is 0.168. The van der Waals surface area contributed by atoms with Gasteiger partial charge in [0.15, 0.2) is 0 Å². The van der Waals surface area contributed by atoms with Crippen LogP contribution in [0, 0.1) is 5.41 Å². The number of hydrogen-bond donors (Lipinski definition) is 1. The minimum Gasteiger partial charge on any atom is -0.330 e. The Bertz CT molecular complexity index is 381. The Morgan fingerprint density at radius 1 is 1.37 bits per heavy atom. The Hall–Kier alpha value is -0.870. The van der Waals surface area contributed by atoms with Crippen LogP contribution < -0.4 is 5.73 Å². The second-order valence-electron chi connectivity index (χ2n) is 6.18. The Morgan fingerprint density at radius 3 is 2.53 bits per heavy atom. The third-order valence-electron chi connectivity index (χ3n) is 3.52. The molecular formula is C15H30N4. The average Bonchev–Trinajstić information content (AvgIpc) is 2.70. The van der Waals surface area contributed by atoms with E-state index in [9.17, 15) is 0 Å². The van der Waals surface area contributed by atoms with Crippen LogP contribution in [0.15, 0.2) is 6.07 Å². The lowest BCUT2D eigenvalue weighted by molar-refractivity contribution is 0.172. The fraction of sp³-hybridized carbons (Fsp3) is 0.800. The summed E-state index contributed by atoms with van der Waals surface area (Å²) in [6, 6.07) is 2.22. The predicted octanol–water partition coefficient (Wildman–Crippen LogP) is 2.18. The van der Waals surface area contributed by atoms with E-state index < -0.39 is 0 Å². The molecule has 0 unspecified atom stereocenters. The third-order valence-corrected chi connectivity index (χ3v) is 3.52. The standard InChI is InChI=1S/C15H30N4/c1-6-8-19(12-15(3,4)11-16)10-14-9-13(7-2)17-18(14)5/h9H,6-8,10-12,16H2,1-5H3. The zero-order chi connectivity index (χ0) is 14.5. The summed E-state index contributed by atoms with van der Waals surface area (Å²) < 4.78 is 2.01. The van der Waals surface area contributed by atoms with Crippen LogP contribution in [-0.4, -0.2) is 34.3 Å². The molecule has 0 aliphatic rings. The summed E-state index contributed by atoms with van der Waals surface area (Å²) in [5, 5.41) is 4.52. The highest BCUT2D eigenvalue weighted by Gasteiger charge is 2.20. The molecule has 0 spiro atoms. The van der Waals surface area contributed by atoms with Crippen molar-refractivity contribution >= 4 is 0 Å². The van der Waals surface area contributed by atoms with Gasteiger partial charge in [-0.25, -0.2) is 0 Å². The lowest BCUT2D eigenvalue weighted by atomic mass is 9.93. The van der Waals surface area contributed by atoms with Gasteiger partial charge >= 0.3 is 0 Å². The van der Waals surface area contributed by atoms with Gasteiger partial charge < -0.3 is 5.73 Å². The molecule has 2 N–H and O–H groups in total. The van der Waals surface area contributed by atoms with Crippen molar-refractivity contribution < 1.29 is 0 Å². The van der Waals surface area contributed by atoms with Crippen molar-refractivity contribution in [2.75, 3.05) is 19.6 Å². The summed E-state index contributed by atoms with van der Waals surface area (Å²) in [5.74, 6) is 0. The molecule has 4 nitrogen and oxygen atoms in total. The van der Waals surface area contributed by atoms with Gasteiger partial charge in [0.2, 0.25) is 0 Å². The number of aryl methyl sites for hydroxylation is 2. The molecule has 0 aliphatic heterocycles. The van der Waals surface area contributed by atoms with Crippen molar-refractivity contribution in [2.24, 2.45) is 18.2 Å². The van der Waals surface area contributed by atoms with E-state index in [-0.39, 0.29) is 5.41 Å². The van der Waals surface area contributed by atoms with Crippen molar-refractivity contribution in [3.63, 3.8) is 0 Å². The van der Waals surface area contributed by atoms with Crippen molar-refractivity contribution in [3.8, 4) is 0 Å². The summed E-state index contributed by atoms with van der Waals surface area (Å²) >= 11 is 0. The van der Waals surface area contributed by atoms with E-state index in [1.165, 1.54) is 17.8 Å². The first-order valence-electron chi connectivity index (χ1n) is 7.36. The van der Waals surface area contributed by atoms with Gasteiger partial charge in [0.05, 0.1) is 11.4 Å². The summed E-state index contributed by atoms with van der Waals surface area (Å²) in [6.07, 6.45) is 2.16. The fourth-order valence-corrected chi connectivity index (χ4v) is 2.32. The monoisotopic (exact) mass is 266 g/mol. The van der Waals surface area contributed by atoms with Crippen molar-refractivity contribution in [3.05, 3.63) is 17.5 Å². The molecule has 1 rings (SSSR count). The van der Waals surface area contributed by atoms with E-state index in [0.717, 1.165) is 32.6 Å². The molecular weight excluding hydrogens is 236 g/mol. The van der Waals surface area contributed by atoms with Gasteiger partial charge in [-0.15, -0.1) is 0 Å². The Kier molecular flexibility index (Phi) is 6.01. The first kappa shape index (κ1) is 16.2. The van der Waals surface area contributed by atoms with Crippen LogP contribution in [-0.2, 0) is 20.0 Å². The molecule has 0 saturated heterocycles. The van der Waals surface area contributed by atoms with E-state index in [0.29, 0.717) is 0 Å². The molecule has 0 atom stereocenters. The fourth-order valence-electron chi connectivity index (χ4n) is 2.32. The van der Waals surface area contributed by atoms with Crippen LogP contribution in [0.4, 0.5) is 0 Å². The Labute approximate surface area is 118 Å². The smallest absolute Gasteiger partial charge is 0.0625 e. The number of nitrogens with two attached hydrogens (primary N) is 1. The highest BCUT2D eigenvalue weighted by Crippen LogP contribution is 2.17. The number of nitrogens with zero attached hydrogens (tertiary/aromatic N) is 3. The van der Waals surface area contributed by atoms with Crippen LogP contribution in [0.2, 0.25) is 0 Å². The summed E-state index contributed by atoms with van der Waals surface area (Å²) in [7, 11) is 2.03. The maximum atomic E-state index is 5.86. The second kappa shape index (κ2) is 7.06. The molecule has 0 bridgehead atoms. The Morgan fingerprint density at radius 2 is 2.05 bits per heavy atom. The molecule has 1 aromatic heterocycles. The zero-order valence-electron chi connectivity index (χ0n) is 13.2. The normalized spacial score (nSPS) is 12.4. The zero-order valence-corrected chi connectivity index (χ0v) is 13.2. The minimum atomic E-state index is 0.168. The molecule has 110 valence electrons. The van der Waals surface area contributed by atoms with Crippen LogP contribution in [0.1, 0.15) is 45.5 Å². The van der Waals surface area contributed by atoms with E-state index in [1.807, 2.05) is 11.7 Å². The van der Waals surface area contributed by atoms with Crippen LogP contribution >= 0.6 is 0 Å². The van der Waals surface area contributed by atoms with Gasteiger partial charge in [-0.1, -0.05) is 27.7 Å². The molecule has 0 amide bonds. The molecule has 0 aromatic carbocycles. The number of aromatic nitrogens is 2. The lowest BCUT2D eigenvalue weighted by Crippen LogP contribution is -2.39. The van der Waals surface area contributed by atoms with Gasteiger partial charge in [0.25, 0.3) is 0 Å². The second-order valence-corrected chi connectivity index (χ2v) is 6.18. The molecule has 0 radical (unpaired) electrons. The summed E-state index contributed by atoms with van der Waals surface area (Å²) in [5.41, 5.74) is 8.49. The third kappa shape index (κ3) is 4.96. The summed E-state index contributed by atoms with van der Waals surface area (Å²) in [4.78, 5) is 2.49. The van der Waals surface area contributed by atoms with Gasteiger partial charge in [-0.3, -0.25) is 9.58 Å². The van der Waals surface area contributed by atoms with Crippen molar-refractivity contribution in [2.45, 2.75) is 47.1 Å². The summed E-state index contributed by atoms with van der Waals surface area (Å²) in [6.45, 7) is 12.7. The average molecular weight is 266 g/mol. The van der Waals surface area contributed by atoms with Gasteiger partial charge in [0.1, 0.15) is 0 Å². The van der Waals surface area contributed by atoms with E-state index in [4.69, 9.17) is 5.73 Å². The number of rotatable bonds is 8. The molecule has 0 saturated carbocycles. The molecule has 4 heteroatoms. The lowest BCUT2D eigenvalue weighted by Gasteiger charge is -2.31. The predicted molar refractivity (Wildman–Crippen MR) is 81.0 cm³/mol. The van der Waals surface area contributed by atoms with Crippen LogP contribution in [0.25, 0.3) is 0 Å². The molecule has 1 heterocycles. The first-order valence-corrected chi connectivity index (χ1v) is 7.36. The quantitative estimate of drug-likeness (QED) is 0.784. The van der Waals surface area contributed by atoms with E-state index in [1.54, 1.807) is 0 Å². The van der Waals surface area contributed by atoms with Crippen molar-refractivity contribution in [1.82, 2.24) is 14.7 Å². The van der Waals surface area contributed by atoms with Crippen molar-refractivity contribution in [1.29, 1.82) is 0 Å². The van der Waals surface area contributed by atoms with Gasteiger partial charge in [-0.2, -0.15) is 5.10 Å². The molecule has 0 fully saturated rings. The Balaban J connectivity index is 2.74. The highest BCUT2D eigenvalue weighted by atomic mass is 15.3. The maximum absolute atomic E-state index is 5.86. The first-order chi connectivity index (χ1) is 8.91. The molecule has 1 aromatic rings. The highest BCUT2D eigenvalue weighted by molar-refractivity contribution is 5.10. The van der Waals surface area contributed by atoms with Gasteiger partial charge in [-0.05, 0) is 37.4 Å². The SMILES string of the molecule is CCCN(Cc1cc(CC)nn1C)CC(C)(C)CN.